The topological polar surface area (TPSA) is 20.5 Å². The van der Waals surface area contributed by atoms with Gasteiger partial charge in [-0.2, -0.15) is 0 Å². The molecule has 3 heteroatoms. The molecule has 0 aliphatic heterocycles. The maximum Gasteiger partial charge on any atom is 0.137 e. The van der Waals surface area contributed by atoms with Crippen molar-refractivity contribution < 1.29 is 0 Å². The summed E-state index contributed by atoms with van der Waals surface area (Å²) in [5, 5.41) is 0. The van der Waals surface area contributed by atoms with E-state index in [1.807, 2.05) is 6.07 Å². The molecule has 0 aliphatic rings. The molecule has 0 atom stereocenters. The van der Waals surface area contributed by atoms with Gasteiger partial charge in [-0.15, -0.1) is 0 Å². The van der Waals surface area contributed by atoms with Crippen LogP contribution in [0.25, 0.3) is 5.65 Å². The molecule has 0 unspecified atom stereocenters. The smallest absolute Gasteiger partial charge is 0.137 e. The van der Waals surface area contributed by atoms with E-state index in [1.165, 1.54) is 11.4 Å². The Kier molecular flexibility index (Phi) is 2.97. The summed E-state index contributed by atoms with van der Waals surface area (Å²) >= 11 is 0. The molecule has 2 rings (SSSR count). The summed E-state index contributed by atoms with van der Waals surface area (Å²) in [7, 11) is 4.18. The zero-order valence-corrected chi connectivity index (χ0v) is 10.4. The van der Waals surface area contributed by atoms with Gasteiger partial charge in [0.1, 0.15) is 5.65 Å². The van der Waals surface area contributed by atoms with Crippen molar-refractivity contribution in [3.05, 3.63) is 35.8 Å². The van der Waals surface area contributed by atoms with Crippen molar-refractivity contribution in [1.82, 2.24) is 14.3 Å². The summed E-state index contributed by atoms with van der Waals surface area (Å²) in [6.45, 7) is 5.32. The first-order valence-corrected chi connectivity index (χ1v) is 5.70. The fourth-order valence-corrected chi connectivity index (χ4v) is 1.98. The minimum atomic E-state index is 0.467. The van der Waals surface area contributed by atoms with Crippen LogP contribution in [-0.2, 0) is 6.54 Å². The van der Waals surface area contributed by atoms with E-state index in [1.54, 1.807) is 0 Å². The van der Waals surface area contributed by atoms with Gasteiger partial charge in [0, 0.05) is 12.7 Å². The Morgan fingerprint density at radius 2 is 2.06 bits per heavy atom. The van der Waals surface area contributed by atoms with E-state index in [9.17, 15) is 0 Å². The molecule has 0 saturated carbocycles. The fraction of sp³-hybridized carbons (Fsp3) is 0.462. The molecule has 0 N–H and O–H groups in total. The predicted molar refractivity (Wildman–Crippen MR) is 66.7 cm³/mol. The third-order valence-corrected chi connectivity index (χ3v) is 2.67. The molecule has 0 amide bonds. The van der Waals surface area contributed by atoms with Gasteiger partial charge in [-0.05, 0) is 32.1 Å². The Balaban J connectivity index is 2.60. The lowest BCUT2D eigenvalue weighted by molar-refractivity contribution is 0.393. The quantitative estimate of drug-likeness (QED) is 0.787. The van der Waals surface area contributed by atoms with Gasteiger partial charge >= 0.3 is 0 Å². The average molecular weight is 217 g/mol. The third-order valence-electron chi connectivity index (χ3n) is 2.67. The van der Waals surface area contributed by atoms with Crippen molar-refractivity contribution in [3.8, 4) is 0 Å². The van der Waals surface area contributed by atoms with Crippen LogP contribution in [0.2, 0.25) is 0 Å². The first kappa shape index (κ1) is 11.1. The van der Waals surface area contributed by atoms with Gasteiger partial charge in [-0.3, -0.25) is 0 Å². The molecule has 2 aromatic heterocycles. The maximum atomic E-state index is 4.70. The van der Waals surface area contributed by atoms with E-state index in [4.69, 9.17) is 4.98 Å². The highest BCUT2D eigenvalue weighted by molar-refractivity contribution is 5.43. The van der Waals surface area contributed by atoms with Crippen molar-refractivity contribution in [2.75, 3.05) is 14.1 Å². The molecular formula is C13H19N3. The first-order valence-electron chi connectivity index (χ1n) is 5.70. The number of fused-ring (bicyclic) bond motifs is 1. The van der Waals surface area contributed by atoms with Crippen LogP contribution in [0.15, 0.2) is 24.4 Å². The molecule has 0 aliphatic carbocycles. The van der Waals surface area contributed by atoms with Crippen molar-refractivity contribution in [1.29, 1.82) is 0 Å². The molecular weight excluding hydrogens is 198 g/mol. The van der Waals surface area contributed by atoms with E-state index in [2.05, 4.69) is 55.6 Å². The predicted octanol–water partition coefficient (Wildman–Crippen LogP) is 2.52. The van der Waals surface area contributed by atoms with E-state index in [-0.39, 0.29) is 0 Å². The molecule has 0 fully saturated rings. The summed E-state index contributed by atoms with van der Waals surface area (Å²) < 4.78 is 2.19. The molecule has 0 radical (unpaired) electrons. The van der Waals surface area contributed by atoms with Crippen LogP contribution in [0, 0.1) is 0 Å². The summed E-state index contributed by atoms with van der Waals surface area (Å²) in [5.74, 6) is 0.467. The second-order valence-electron chi connectivity index (χ2n) is 4.77. The normalized spacial score (nSPS) is 11.9. The SMILES string of the molecule is CC(C)c1nc2ccccn2c1CN(C)C. The van der Waals surface area contributed by atoms with E-state index >= 15 is 0 Å². The lowest BCUT2D eigenvalue weighted by Gasteiger charge is -2.12. The molecule has 16 heavy (non-hydrogen) atoms. The molecule has 0 saturated heterocycles. The van der Waals surface area contributed by atoms with Gasteiger partial charge in [-0.25, -0.2) is 4.98 Å². The monoisotopic (exact) mass is 217 g/mol. The zero-order valence-electron chi connectivity index (χ0n) is 10.4. The van der Waals surface area contributed by atoms with Gasteiger partial charge in [0.2, 0.25) is 0 Å². The summed E-state index contributed by atoms with van der Waals surface area (Å²) in [6, 6.07) is 6.15. The van der Waals surface area contributed by atoms with Gasteiger partial charge in [0.05, 0.1) is 11.4 Å². The number of hydrogen-bond acceptors (Lipinski definition) is 2. The van der Waals surface area contributed by atoms with Crippen molar-refractivity contribution >= 4 is 5.65 Å². The number of nitrogens with zero attached hydrogens (tertiary/aromatic N) is 3. The van der Waals surface area contributed by atoms with Crippen LogP contribution in [0.3, 0.4) is 0 Å². The molecule has 2 heterocycles. The van der Waals surface area contributed by atoms with E-state index in [0.717, 1.165) is 12.2 Å². The van der Waals surface area contributed by atoms with Crippen LogP contribution in [-0.4, -0.2) is 28.4 Å². The maximum absolute atomic E-state index is 4.70. The second-order valence-corrected chi connectivity index (χ2v) is 4.77. The van der Waals surface area contributed by atoms with Crippen LogP contribution in [0.4, 0.5) is 0 Å². The Bertz CT molecular complexity index is 483. The molecule has 0 aromatic carbocycles. The van der Waals surface area contributed by atoms with Crippen LogP contribution >= 0.6 is 0 Å². The van der Waals surface area contributed by atoms with Gasteiger partial charge in [0.25, 0.3) is 0 Å². The Morgan fingerprint density at radius 3 is 2.69 bits per heavy atom. The molecule has 3 nitrogen and oxygen atoms in total. The Hall–Kier alpha value is -1.35. The number of aromatic nitrogens is 2. The number of rotatable bonds is 3. The van der Waals surface area contributed by atoms with Crippen molar-refractivity contribution in [2.24, 2.45) is 0 Å². The standard InChI is InChI=1S/C13H19N3/c1-10(2)13-11(9-15(3)4)16-8-6-5-7-12(16)14-13/h5-8,10H,9H2,1-4H3. The minimum Gasteiger partial charge on any atom is -0.304 e. The molecule has 86 valence electrons. The van der Waals surface area contributed by atoms with Crippen LogP contribution < -0.4 is 0 Å². The highest BCUT2D eigenvalue weighted by Crippen LogP contribution is 2.21. The summed E-state index contributed by atoms with van der Waals surface area (Å²) in [6.07, 6.45) is 2.09. The number of hydrogen-bond donors (Lipinski definition) is 0. The van der Waals surface area contributed by atoms with Gasteiger partial charge in [0.15, 0.2) is 0 Å². The zero-order chi connectivity index (χ0) is 11.7. The average Bonchev–Trinajstić information content (AvgIpc) is 2.57. The highest BCUT2D eigenvalue weighted by atomic mass is 15.1. The largest absolute Gasteiger partial charge is 0.304 e. The Labute approximate surface area is 96.7 Å². The van der Waals surface area contributed by atoms with Crippen molar-refractivity contribution in [3.63, 3.8) is 0 Å². The summed E-state index contributed by atoms with van der Waals surface area (Å²) in [5.41, 5.74) is 3.55. The van der Waals surface area contributed by atoms with Crippen LogP contribution in [0.1, 0.15) is 31.2 Å². The van der Waals surface area contributed by atoms with Crippen molar-refractivity contribution in [2.45, 2.75) is 26.3 Å². The van der Waals surface area contributed by atoms with E-state index in [0.29, 0.717) is 5.92 Å². The highest BCUT2D eigenvalue weighted by Gasteiger charge is 2.14. The van der Waals surface area contributed by atoms with Crippen LogP contribution in [0.5, 0.6) is 0 Å². The summed E-state index contributed by atoms with van der Waals surface area (Å²) in [4.78, 5) is 6.88. The lowest BCUT2D eigenvalue weighted by Crippen LogP contribution is -2.14. The minimum absolute atomic E-state index is 0.467. The number of imidazole rings is 1. The third kappa shape index (κ3) is 1.95. The van der Waals surface area contributed by atoms with E-state index < -0.39 is 0 Å². The molecule has 0 bridgehead atoms. The first-order chi connectivity index (χ1) is 7.59. The molecule has 0 spiro atoms. The van der Waals surface area contributed by atoms with Gasteiger partial charge < -0.3 is 9.30 Å². The second kappa shape index (κ2) is 4.26. The number of pyridine rings is 1. The Morgan fingerprint density at radius 1 is 1.31 bits per heavy atom. The fourth-order valence-electron chi connectivity index (χ4n) is 1.98. The lowest BCUT2D eigenvalue weighted by atomic mass is 10.1. The molecule has 2 aromatic rings. The van der Waals surface area contributed by atoms with Gasteiger partial charge in [-0.1, -0.05) is 19.9 Å².